The van der Waals surface area contributed by atoms with Crippen molar-refractivity contribution < 1.29 is 9.63 Å². The molecular formula is C9H19N3O2. The van der Waals surface area contributed by atoms with Gasteiger partial charge in [-0.15, -0.1) is 0 Å². The fraction of sp³-hybridized carbons (Fsp3) is 0.889. The van der Waals surface area contributed by atoms with Crippen molar-refractivity contribution in [3.8, 4) is 0 Å². The monoisotopic (exact) mass is 201 g/mol. The molecule has 0 spiro atoms. The van der Waals surface area contributed by atoms with Gasteiger partial charge in [0.25, 0.3) is 0 Å². The van der Waals surface area contributed by atoms with Crippen LogP contribution in [0.15, 0.2) is 0 Å². The van der Waals surface area contributed by atoms with Crippen molar-refractivity contribution in [2.45, 2.75) is 38.1 Å². The van der Waals surface area contributed by atoms with E-state index in [1.165, 1.54) is 19.3 Å². The van der Waals surface area contributed by atoms with Crippen LogP contribution >= 0.6 is 0 Å². The molecule has 1 fully saturated rings. The lowest BCUT2D eigenvalue weighted by Crippen LogP contribution is -2.43. The normalized spacial score (nSPS) is 17.8. The van der Waals surface area contributed by atoms with E-state index in [0.29, 0.717) is 19.2 Å². The number of nitrogens with one attached hydrogen (secondary N) is 2. The number of rotatable bonds is 4. The van der Waals surface area contributed by atoms with Crippen molar-refractivity contribution in [2.75, 3.05) is 13.2 Å². The maximum Gasteiger partial charge on any atom is 0.338 e. The summed E-state index contributed by atoms with van der Waals surface area (Å²) in [5.74, 6) is 0. The summed E-state index contributed by atoms with van der Waals surface area (Å²) in [5.41, 5.74) is 7.50. The molecule has 82 valence electrons. The maximum absolute atomic E-state index is 11.2. The largest absolute Gasteiger partial charge is 0.338 e. The van der Waals surface area contributed by atoms with Crippen LogP contribution in [0.3, 0.4) is 0 Å². The Morgan fingerprint density at radius 1 is 1.36 bits per heavy atom. The maximum atomic E-state index is 11.2. The molecule has 0 unspecified atom stereocenters. The second-order valence-corrected chi connectivity index (χ2v) is 3.55. The second-order valence-electron chi connectivity index (χ2n) is 3.55. The predicted molar refractivity (Wildman–Crippen MR) is 53.5 cm³/mol. The zero-order valence-electron chi connectivity index (χ0n) is 8.42. The minimum Gasteiger partial charge on any atom is -0.334 e. The van der Waals surface area contributed by atoms with Crippen LogP contribution in [0, 0.1) is 0 Å². The second kappa shape index (κ2) is 6.62. The third kappa shape index (κ3) is 4.43. The Kier molecular flexibility index (Phi) is 5.32. The van der Waals surface area contributed by atoms with E-state index in [1.807, 2.05) is 0 Å². The lowest BCUT2D eigenvalue weighted by molar-refractivity contribution is 0.0650. The van der Waals surface area contributed by atoms with Crippen LogP contribution < -0.4 is 16.5 Å². The number of amides is 2. The molecule has 0 saturated heterocycles. The Labute approximate surface area is 84.3 Å². The molecule has 0 aromatic rings. The highest BCUT2D eigenvalue weighted by Gasteiger charge is 2.15. The zero-order chi connectivity index (χ0) is 10.2. The minimum atomic E-state index is -0.259. The van der Waals surface area contributed by atoms with Crippen molar-refractivity contribution in [3.05, 3.63) is 0 Å². The number of hydrogen-bond donors (Lipinski definition) is 3. The smallest absolute Gasteiger partial charge is 0.334 e. The van der Waals surface area contributed by atoms with Crippen LogP contribution in [-0.4, -0.2) is 25.2 Å². The first kappa shape index (κ1) is 11.3. The number of urea groups is 1. The topological polar surface area (TPSA) is 76.4 Å². The molecule has 0 heterocycles. The number of carbonyl (C=O) groups excluding carboxylic acids is 1. The Morgan fingerprint density at radius 2 is 2.07 bits per heavy atom. The molecule has 1 rings (SSSR count). The van der Waals surface area contributed by atoms with E-state index in [9.17, 15) is 4.79 Å². The summed E-state index contributed by atoms with van der Waals surface area (Å²) in [6.07, 6.45) is 5.83. The molecule has 0 radical (unpaired) electrons. The molecule has 1 saturated carbocycles. The van der Waals surface area contributed by atoms with Gasteiger partial charge in [0.05, 0.1) is 6.61 Å². The van der Waals surface area contributed by atoms with Gasteiger partial charge in [0, 0.05) is 12.6 Å². The third-order valence-electron chi connectivity index (χ3n) is 2.33. The fourth-order valence-corrected chi connectivity index (χ4v) is 1.64. The third-order valence-corrected chi connectivity index (χ3v) is 2.33. The molecule has 0 aromatic heterocycles. The molecule has 0 aliphatic heterocycles. The van der Waals surface area contributed by atoms with Gasteiger partial charge in [-0.3, -0.25) is 4.84 Å². The van der Waals surface area contributed by atoms with E-state index in [-0.39, 0.29) is 6.03 Å². The SMILES string of the molecule is NCCONC(=O)NC1CCCCC1. The quantitative estimate of drug-likeness (QED) is 0.458. The van der Waals surface area contributed by atoms with E-state index in [0.717, 1.165) is 12.8 Å². The lowest BCUT2D eigenvalue weighted by atomic mass is 9.96. The van der Waals surface area contributed by atoms with E-state index >= 15 is 0 Å². The molecule has 2 amide bonds. The van der Waals surface area contributed by atoms with E-state index in [2.05, 4.69) is 10.8 Å². The molecule has 5 nitrogen and oxygen atoms in total. The predicted octanol–water partition coefficient (Wildman–Crippen LogP) is 0.509. The molecule has 1 aliphatic rings. The molecular weight excluding hydrogens is 182 g/mol. The van der Waals surface area contributed by atoms with Gasteiger partial charge in [-0.25, -0.2) is 10.3 Å². The van der Waals surface area contributed by atoms with Gasteiger partial charge in [-0.2, -0.15) is 0 Å². The van der Waals surface area contributed by atoms with E-state index in [1.54, 1.807) is 0 Å². The summed E-state index contributed by atoms with van der Waals surface area (Å²) < 4.78 is 0. The first-order valence-corrected chi connectivity index (χ1v) is 5.21. The van der Waals surface area contributed by atoms with Gasteiger partial charge in [0.2, 0.25) is 0 Å². The Morgan fingerprint density at radius 3 is 2.71 bits per heavy atom. The Bertz CT molecular complexity index is 169. The summed E-state index contributed by atoms with van der Waals surface area (Å²) in [5, 5.41) is 2.86. The lowest BCUT2D eigenvalue weighted by Gasteiger charge is -2.22. The molecule has 0 bridgehead atoms. The van der Waals surface area contributed by atoms with Gasteiger partial charge in [0.1, 0.15) is 0 Å². The molecule has 4 N–H and O–H groups in total. The van der Waals surface area contributed by atoms with Crippen LogP contribution in [0.25, 0.3) is 0 Å². The Hall–Kier alpha value is -0.810. The first-order chi connectivity index (χ1) is 6.83. The van der Waals surface area contributed by atoms with Crippen LogP contribution in [0.4, 0.5) is 4.79 Å². The highest BCUT2D eigenvalue weighted by molar-refractivity contribution is 5.72. The van der Waals surface area contributed by atoms with Crippen LogP contribution in [0.2, 0.25) is 0 Å². The van der Waals surface area contributed by atoms with Crippen molar-refractivity contribution in [3.63, 3.8) is 0 Å². The van der Waals surface area contributed by atoms with Gasteiger partial charge < -0.3 is 11.1 Å². The van der Waals surface area contributed by atoms with Gasteiger partial charge in [-0.1, -0.05) is 19.3 Å². The van der Waals surface area contributed by atoms with Crippen LogP contribution in [0.5, 0.6) is 0 Å². The van der Waals surface area contributed by atoms with Crippen molar-refractivity contribution in [1.82, 2.24) is 10.8 Å². The summed E-state index contributed by atoms with van der Waals surface area (Å²) in [7, 11) is 0. The zero-order valence-corrected chi connectivity index (χ0v) is 8.42. The number of hydroxylamine groups is 1. The van der Waals surface area contributed by atoms with Crippen molar-refractivity contribution in [2.24, 2.45) is 5.73 Å². The van der Waals surface area contributed by atoms with Gasteiger partial charge in [0.15, 0.2) is 0 Å². The fourth-order valence-electron chi connectivity index (χ4n) is 1.64. The molecule has 1 aliphatic carbocycles. The van der Waals surface area contributed by atoms with Gasteiger partial charge in [-0.05, 0) is 12.8 Å². The first-order valence-electron chi connectivity index (χ1n) is 5.21. The van der Waals surface area contributed by atoms with Crippen molar-refractivity contribution in [1.29, 1.82) is 0 Å². The minimum absolute atomic E-state index is 0.259. The van der Waals surface area contributed by atoms with Crippen LogP contribution in [-0.2, 0) is 4.84 Å². The number of hydrogen-bond acceptors (Lipinski definition) is 3. The summed E-state index contributed by atoms with van der Waals surface area (Å²) in [6.45, 7) is 0.752. The average Bonchev–Trinajstić information content (AvgIpc) is 2.20. The summed E-state index contributed by atoms with van der Waals surface area (Å²) >= 11 is 0. The molecule has 0 atom stereocenters. The molecule has 14 heavy (non-hydrogen) atoms. The standard InChI is InChI=1S/C9H19N3O2/c10-6-7-14-12-9(13)11-8-4-2-1-3-5-8/h8H,1-7,10H2,(H2,11,12,13). The number of nitrogens with two attached hydrogens (primary N) is 1. The molecule has 0 aromatic carbocycles. The molecule has 5 heteroatoms. The van der Waals surface area contributed by atoms with Crippen LogP contribution in [0.1, 0.15) is 32.1 Å². The van der Waals surface area contributed by atoms with Crippen molar-refractivity contribution >= 4 is 6.03 Å². The highest BCUT2D eigenvalue weighted by atomic mass is 16.7. The summed E-state index contributed by atoms with van der Waals surface area (Å²) in [6, 6.07) is 0.0515. The van der Waals surface area contributed by atoms with E-state index < -0.39 is 0 Å². The number of carbonyl (C=O) groups is 1. The van der Waals surface area contributed by atoms with Gasteiger partial charge >= 0.3 is 6.03 Å². The summed E-state index contributed by atoms with van der Waals surface area (Å²) in [4.78, 5) is 16.0. The average molecular weight is 201 g/mol. The Balaban J connectivity index is 2.06. The highest BCUT2D eigenvalue weighted by Crippen LogP contribution is 2.16. The van der Waals surface area contributed by atoms with E-state index in [4.69, 9.17) is 10.6 Å².